The standard InChI is InChI=1S/C15H9BrClF3N2O/c1-23-11-3-2-7(15(18,19)20)4-8(11)9-5-21-14-12(9)13(17)10(16)6-22-14/h2-6H,1H3,(H,21,22). The maximum Gasteiger partial charge on any atom is 0.416 e. The fourth-order valence-electron chi connectivity index (χ4n) is 2.34. The Morgan fingerprint density at radius 3 is 2.65 bits per heavy atom. The van der Waals surface area contributed by atoms with Crippen LogP contribution in [0.2, 0.25) is 5.02 Å². The normalized spacial score (nSPS) is 11.9. The number of pyridine rings is 1. The van der Waals surface area contributed by atoms with E-state index in [1.807, 2.05) is 0 Å². The van der Waals surface area contributed by atoms with E-state index in [9.17, 15) is 13.2 Å². The quantitative estimate of drug-likeness (QED) is 0.596. The molecule has 120 valence electrons. The number of ether oxygens (including phenoxy) is 1. The van der Waals surface area contributed by atoms with Crippen LogP contribution in [0.25, 0.3) is 22.2 Å². The second-order valence-electron chi connectivity index (χ2n) is 4.76. The first kappa shape index (κ1) is 16.1. The summed E-state index contributed by atoms with van der Waals surface area (Å²) < 4.78 is 44.8. The number of aromatic nitrogens is 2. The first-order chi connectivity index (χ1) is 10.8. The molecule has 1 aromatic carbocycles. The number of nitrogens with zero attached hydrogens (tertiary/aromatic N) is 1. The summed E-state index contributed by atoms with van der Waals surface area (Å²) in [5, 5.41) is 0.893. The molecule has 0 aliphatic heterocycles. The third-order valence-electron chi connectivity index (χ3n) is 3.41. The minimum atomic E-state index is -4.45. The zero-order valence-electron chi connectivity index (χ0n) is 11.6. The Morgan fingerprint density at radius 2 is 2.00 bits per heavy atom. The lowest BCUT2D eigenvalue weighted by Crippen LogP contribution is -2.05. The van der Waals surface area contributed by atoms with Gasteiger partial charge in [0.15, 0.2) is 0 Å². The first-order valence-corrected chi connectivity index (χ1v) is 7.56. The van der Waals surface area contributed by atoms with Crippen LogP contribution in [0.5, 0.6) is 5.75 Å². The highest BCUT2D eigenvalue weighted by molar-refractivity contribution is 9.10. The minimum absolute atomic E-state index is 0.287. The number of aromatic amines is 1. The number of alkyl halides is 3. The lowest BCUT2D eigenvalue weighted by atomic mass is 10.0. The molecule has 0 unspecified atom stereocenters. The van der Waals surface area contributed by atoms with Crippen molar-refractivity contribution in [2.75, 3.05) is 7.11 Å². The van der Waals surface area contributed by atoms with E-state index >= 15 is 0 Å². The number of hydrogen-bond acceptors (Lipinski definition) is 2. The number of benzene rings is 1. The van der Waals surface area contributed by atoms with Gasteiger partial charge in [-0.15, -0.1) is 0 Å². The largest absolute Gasteiger partial charge is 0.496 e. The molecule has 0 saturated heterocycles. The third-order valence-corrected chi connectivity index (χ3v) is 4.63. The number of rotatable bonds is 2. The Bertz CT molecular complexity index is 892. The summed E-state index contributed by atoms with van der Waals surface area (Å²) in [6, 6.07) is 3.31. The number of hydrogen-bond donors (Lipinski definition) is 1. The van der Waals surface area contributed by atoms with Gasteiger partial charge in [-0.3, -0.25) is 0 Å². The highest BCUT2D eigenvalue weighted by Crippen LogP contribution is 2.42. The topological polar surface area (TPSA) is 37.9 Å². The van der Waals surface area contributed by atoms with E-state index in [4.69, 9.17) is 16.3 Å². The molecule has 0 amide bonds. The van der Waals surface area contributed by atoms with Gasteiger partial charge in [0.25, 0.3) is 0 Å². The molecule has 3 aromatic rings. The Hall–Kier alpha value is -1.73. The Balaban J connectivity index is 2.32. The van der Waals surface area contributed by atoms with Crippen LogP contribution in [0.15, 0.2) is 35.1 Å². The van der Waals surface area contributed by atoms with Crippen LogP contribution in [0, 0.1) is 0 Å². The summed E-state index contributed by atoms with van der Waals surface area (Å²) in [5.41, 5.74) is 0.492. The number of methoxy groups -OCH3 is 1. The molecule has 0 aliphatic carbocycles. The van der Waals surface area contributed by atoms with Gasteiger partial charge in [0.2, 0.25) is 0 Å². The molecule has 0 fully saturated rings. The van der Waals surface area contributed by atoms with Crippen molar-refractivity contribution in [3.8, 4) is 16.9 Å². The van der Waals surface area contributed by atoms with Gasteiger partial charge >= 0.3 is 6.18 Å². The van der Waals surface area contributed by atoms with E-state index in [1.54, 1.807) is 6.20 Å². The van der Waals surface area contributed by atoms with Crippen LogP contribution >= 0.6 is 27.5 Å². The summed E-state index contributed by atoms with van der Waals surface area (Å²) in [4.78, 5) is 7.08. The second-order valence-corrected chi connectivity index (χ2v) is 5.99. The molecular formula is C15H9BrClF3N2O. The smallest absolute Gasteiger partial charge is 0.416 e. The Morgan fingerprint density at radius 1 is 1.26 bits per heavy atom. The van der Waals surface area contributed by atoms with Gasteiger partial charge in [0, 0.05) is 28.9 Å². The fraction of sp³-hybridized carbons (Fsp3) is 0.133. The summed E-state index contributed by atoms with van der Waals surface area (Å²) in [5.74, 6) is 0.315. The van der Waals surface area contributed by atoms with Gasteiger partial charge in [-0.2, -0.15) is 13.2 Å². The molecule has 0 spiro atoms. The summed E-state index contributed by atoms with van der Waals surface area (Å²) in [6.45, 7) is 0. The molecule has 3 rings (SSSR count). The van der Waals surface area contributed by atoms with Crippen molar-refractivity contribution in [2.24, 2.45) is 0 Å². The molecule has 0 atom stereocenters. The van der Waals surface area contributed by atoms with Gasteiger partial charge in [-0.1, -0.05) is 11.6 Å². The van der Waals surface area contributed by atoms with E-state index in [-0.39, 0.29) is 5.56 Å². The first-order valence-electron chi connectivity index (χ1n) is 6.39. The Labute approximate surface area is 142 Å². The lowest BCUT2D eigenvalue weighted by Gasteiger charge is -2.12. The molecule has 0 bridgehead atoms. The number of fused-ring (bicyclic) bond motifs is 1. The lowest BCUT2D eigenvalue weighted by molar-refractivity contribution is -0.137. The number of nitrogens with one attached hydrogen (secondary N) is 1. The number of halogens is 5. The monoisotopic (exact) mass is 404 g/mol. The van der Waals surface area contributed by atoms with Gasteiger partial charge in [0.05, 0.1) is 22.2 Å². The Kier molecular flexibility index (Phi) is 4.01. The van der Waals surface area contributed by atoms with E-state index in [0.29, 0.717) is 31.8 Å². The molecular weight excluding hydrogens is 397 g/mol. The van der Waals surface area contributed by atoms with Crippen molar-refractivity contribution in [3.05, 3.63) is 45.7 Å². The molecule has 23 heavy (non-hydrogen) atoms. The van der Waals surface area contributed by atoms with E-state index in [0.717, 1.165) is 12.1 Å². The SMILES string of the molecule is COc1ccc(C(F)(F)F)cc1-c1c[nH]c2ncc(Br)c(Cl)c12. The zero-order valence-corrected chi connectivity index (χ0v) is 14.0. The van der Waals surface area contributed by atoms with Crippen molar-refractivity contribution < 1.29 is 17.9 Å². The molecule has 0 radical (unpaired) electrons. The van der Waals surface area contributed by atoms with Gasteiger partial charge in [0.1, 0.15) is 11.4 Å². The van der Waals surface area contributed by atoms with Crippen molar-refractivity contribution in [1.82, 2.24) is 9.97 Å². The molecule has 2 aromatic heterocycles. The minimum Gasteiger partial charge on any atom is -0.496 e. The van der Waals surface area contributed by atoms with Crippen molar-refractivity contribution in [2.45, 2.75) is 6.18 Å². The average Bonchev–Trinajstić information content (AvgIpc) is 2.94. The van der Waals surface area contributed by atoms with E-state index < -0.39 is 11.7 Å². The van der Waals surface area contributed by atoms with Crippen molar-refractivity contribution in [1.29, 1.82) is 0 Å². The molecule has 3 nitrogen and oxygen atoms in total. The second kappa shape index (κ2) is 5.72. The van der Waals surface area contributed by atoms with Crippen LogP contribution in [0.4, 0.5) is 13.2 Å². The maximum absolute atomic E-state index is 13.0. The van der Waals surface area contributed by atoms with E-state index in [2.05, 4.69) is 25.9 Å². The molecule has 0 saturated carbocycles. The maximum atomic E-state index is 13.0. The van der Waals surface area contributed by atoms with Crippen LogP contribution in [0.3, 0.4) is 0 Å². The molecule has 1 N–H and O–H groups in total. The molecule has 8 heteroatoms. The highest BCUT2D eigenvalue weighted by Gasteiger charge is 2.31. The summed E-state index contributed by atoms with van der Waals surface area (Å²) in [7, 11) is 1.40. The van der Waals surface area contributed by atoms with Crippen molar-refractivity contribution in [3.63, 3.8) is 0 Å². The zero-order chi connectivity index (χ0) is 16.8. The van der Waals surface area contributed by atoms with Crippen LogP contribution in [0.1, 0.15) is 5.56 Å². The van der Waals surface area contributed by atoms with Gasteiger partial charge in [-0.25, -0.2) is 4.98 Å². The molecule has 0 aliphatic rings. The predicted molar refractivity (Wildman–Crippen MR) is 85.8 cm³/mol. The molecule has 2 heterocycles. The third kappa shape index (κ3) is 2.79. The van der Waals surface area contributed by atoms with E-state index in [1.165, 1.54) is 19.4 Å². The van der Waals surface area contributed by atoms with Crippen LogP contribution < -0.4 is 4.74 Å². The average molecular weight is 406 g/mol. The van der Waals surface area contributed by atoms with Crippen LogP contribution in [-0.2, 0) is 6.18 Å². The number of H-pyrrole nitrogens is 1. The fourth-order valence-corrected chi connectivity index (χ4v) is 2.88. The summed E-state index contributed by atoms with van der Waals surface area (Å²) >= 11 is 9.55. The van der Waals surface area contributed by atoms with Gasteiger partial charge in [-0.05, 0) is 34.1 Å². The summed E-state index contributed by atoms with van der Waals surface area (Å²) in [6.07, 6.45) is -1.36. The van der Waals surface area contributed by atoms with Crippen molar-refractivity contribution >= 4 is 38.6 Å². The predicted octanol–water partition coefficient (Wildman–Crippen LogP) is 5.67. The highest BCUT2D eigenvalue weighted by atomic mass is 79.9. The van der Waals surface area contributed by atoms with Crippen LogP contribution in [-0.4, -0.2) is 17.1 Å². The van der Waals surface area contributed by atoms with Gasteiger partial charge < -0.3 is 9.72 Å².